The zero-order valence-electron chi connectivity index (χ0n) is 28.6. The van der Waals surface area contributed by atoms with E-state index in [2.05, 4.69) is 102 Å². The number of aromatic hydroxyl groups is 1. The van der Waals surface area contributed by atoms with Crippen molar-refractivity contribution in [2.45, 2.75) is 97.1 Å². The molecule has 0 amide bonds. The molecule has 4 aliphatic carbocycles. The maximum atomic E-state index is 11.1. The Morgan fingerprint density at radius 1 is 0.978 bits per heavy atom. The fourth-order valence-corrected chi connectivity index (χ4v) is 14.0. The molecule has 0 saturated heterocycles. The lowest BCUT2D eigenvalue weighted by Gasteiger charge is -2.60. The summed E-state index contributed by atoms with van der Waals surface area (Å²) in [5.74, 6) is 7.53. The van der Waals surface area contributed by atoms with Gasteiger partial charge in [-0.05, 0) is 172 Å². The lowest BCUT2D eigenvalue weighted by atomic mass is 9.44. The van der Waals surface area contributed by atoms with Crippen LogP contribution in [-0.4, -0.2) is 36.2 Å². The van der Waals surface area contributed by atoms with Crippen LogP contribution in [-0.2, 0) is 19.4 Å². The van der Waals surface area contributed by atoms with Crippen molar-refractivity contribution in [1.29, 1.82) is 0 Å². The van der Waals surface area contributed by atoms with Crippen LogP contribution in [0.1, 0.15) is 93.9 Å². The van der Waals surface area contributed by atoms with Crippen molar-refractivity contribution < 1.29 is 5.11 Å². The van der Waals surface area contributed by atoms with Gasteiger partial charge < -0.3 is 15.7 Å². The number of fused-ring (bicyclic) bond motifs is 8. The summed E-state index contributed by atoms with van der Waals surface area (Å²) < 4.78 is 0. The first-order chi connectivity index (χ1) is 22.3. The molecule has 5 aliphatic rings. The van der Waals surface area contributed by atoms with Crippen molar-refractivity contribution >= 4 is 21.6 Å². The van der Waals surface area contributed by atoms with E-state index in [1.807, 2.05) is 6.07 Å². The summed E-state index contributed by atoms with van der Waals surface area (Å²) in [5.41, 5.74) is 6.23. The van der Waals surface area contributed by atoms with Crippen molar-refractivity contribution in [2.24, 2.45) is 46.3 Å². The molecule has 9 unspecified atom stereocenters. The van der Waals surface area contributed by atoms with Gasteiger partial charge in [0.05, 0.1) is 0 Å². The average molecular weight is 659 g/mol. The zero-order valence-corrected chi connectivity index (χ0v) is 30.2. The number of phenols is 1. The van der Waals surface area contributed by atoms with Gasteiger partial charge in [0.25, 0.3) is 0 Å². The predicted octanol–water partition coefficient (Wildman–Crippen LogP) is 9.43. The summed E-state index contributed by atoms with van der Waals surface area (Å²) in [6.07, 6.45) is 19.9. The van der Waals surface area contributed by atoms with Crippen LogP contribution in [0.2, 0.25) is 0 Å². The Morgan fingerprint density at radius 3 is 2.65 bits per heavy atom. The summed E-state index contributed by atoms with van der Waals surface area (Å²) in [6, 6.07) is 15.9. The molecule has 1 aliphatic heterocycles. The summed E-state index contributed by atoms with van der Waals surface area (Å²) >= 11 is 0. The van der Waals surface area contributed by atoms with Gasteiger partial charge in [0.15, 0.2) is 0 Å². The summed E-state index contributed by atoms with van der Waals surface area (Å²) in [5, 5.41) is 18.4. The first-order valence-corrected chi connectivity index (χ1v) is 21.0. The Kier molecular flexibility index (Phi) is 10.2. The highest BCUT2D eigenvalue weighted by atomic mass is 33.1. The first-order valence-electron chi connectivity index (χ1n) is 18.5. The monoisotopic (exact) mass is 658 g/mol. The Bertz CT molecular complexity index is 1380. The van der Waals surface area contributed by atoms with E-state index >= 15 is 0 Å². The topological polar surface area (TPSA) is 44.3 Å². The Labute approximate surface area is 287 Å². The molecule has 3 saturated carbocycles. The normalized spacial score (nSPS) is 38.3. The fourth-order valence-electron chi connectivity index (χ4n) is 11.2. The van der Waals surface area contributed by atoms with Crippen molar-refractivity contribution in [3.05, 3.63) is 76.9 Å². The molecule has 3 N–H and O–H groups in total. The summed E-state index contributed by atoms with van der Waals surface area (Å²) in [7, 11) is 6.38. The summed E-state index contributed by atoms with van der Waals surface area (Å²) in [4.78, 5) is 0. The highest BCUT2D eigenvalue weighted by Gasteiger charge is 2.58. The number of benzene rings is 2. The second-order valence-electron chi connectivity index (χ2n) is 16.6. The highest BCUT2D eigenvalue weighted by Crippen LogP contribution is 2.67. The summed E-state index contributed by atoms with van der Waals surface area (Å²) in [6.45, 7) is 6.94. The molecule has 2 spiro atoms. The number of phenolic OH excluding ortho intramolecular Hbond substituents is 1. The van der Waals surface area contributed by atoms with Crippen LogP contribution in [0.25, 0.3) is 0 Å². The van der Waals surface area contributed by atoms with Gasteiger partial charge in [-0.25, -0.2) is 0 Å². The van der Waals surface area contributed by atoms with E-state index in [9.17, 15) is 5.11 Å². The van der Waals surface area contributed by atoms with Gasteiger partial charge in [-0.15, -0.1) is 0 Å². The van der Waals surface area contributed by atoms with Crippen molar-refractivity contribution in [3.8, 4) is 5.75 Å². The number of allylic oxidation sites excluding steroid dienone is 2. The molecule has 2 aromatic carbocycles. The van der Waals surface area contributed by atoms with Crippen LogP contribution in [0.5, 0.6) is 5.75 Å². The smallest absolute Gasteiger partial charge is 0.116 e. The quantitative estimate of drug-likeness (QED) is 0.222. The maximum Gasteiger partial charge on any atom is 0.116 e. The third-order valence-electron chi connectivity index (χ3n) is 12.9. The highest BCUT2D eigenvalue weighted by molar-refractivity contribution is 8.76. The molecule has 1 heterocycles. The fraction of sp³-hybridized carbons (Fsp3) is 0.659. The van der Waals surface area contributed by atoms with Gasteiger partial charge in [-0.1, -0.05) is 71.0 Å². The van der Waals surface area contributed by atoms with E-state index in [0.717, 1.165) is 54.7 Å². The number of rotatable bonds is 2. The molecule has 0 aromatic heterocycles. The molecule has 9 atom stereocenters. The molecule has 3 fully saturated rings. The minimum atomic E-state index is 0.370. The van der Waals surface area contributed by atoms with Crippen LogP contribution < -0.4 is 10.6 Å². The second kappa shape index (κ2) is 14.2. The molecule has 5 heteroatoms. The molecular formula is C41H58N2OS2. The minimum Gasteiger partial charge on any atom is -0.508 e. The van der Waals surface area contributed by atoms with E-state index in [-0.39, 0.29) is 0 Å². The van der Waals surface area contributed by atoms with E-state index in [1.54, 1.807) is 0 Å². The van der Waals surface area contributed by atoms with Crippen molar-refractivity contribution in [1.82, 2.24) is 10.6 Å². The lowest BCUT2D eigenvalue weighted by Crippen LogP contribution is -2.52. The van der Waals surface area contributed by atoms with Crippen LogP contribution in [0.3, 0.4) is 0 Å². The molecule has 7 rings (SSSR count). The lowest BCUT2D eigenvalue weighted by molar-refractivity contribution is -0.0820. The Balaban J connectivity index is 1.24. The van der Waals surface area contributed by atoms with Gasteiger partial charge >= 0.3 is 0 Å². The molecule has 4 bridgehead atoms. The minimum absolute atomic E-state index is 0.370. The number of hydrogen-bond acceptors (Lipinski definition) is 5. The maximum absolute atomic E-state index is 11.1. The largest absolute Gasteiger partial charge is 0.508 e. The van der Waals surface area contributed by atoms with Crippen LogP contribution in [0, 0.1) is 46.3 Å². The molecule has 0 radical (unpaired) electrons. The van der Waals surface area contributed by atoms with Crippen LogP contribution in [0.15, 0.2) is 54.6 Å². The average Bonchev–Trinajstić information content (AvgIpc) is 3.40. The standard InChI is InChI=1S/C41H58N2OS2/c1-28-7-6-11-41(20-28)27-40(12-10-30(21-40)23-42-3)22-38-36-15-32-13-31(17-37(44)18-32)14-34-8-4-5-9-35(34)24-43-29(2)25-45-46-26-33(16-36)19-39(38)41/h4-6,8-9,11,13,17-18,28-30,33,36,38-39,42-44H,7,10,12,14-16,19-27H2,1-3H3. The van der Waals surface area contributed by atoms with Gasteiger partial charge in [-0.3, -0.25) is 0 Å². The van der Waals surface area contributed by atoms with Crippen LogP contribution >= 0.6 is 21.6 Å². The SMILES string of the molecule is CNCC1CCC2(C1)CC1C3Cc4cc(O)cc(c4)Cc4ccccc4CNC(C)CSSCC(C3)CC1C1(C=CCC(C)C1)C2. The third-order valence-corrected chi connectivity index (χ3v) is 15.6. The van der Waals surface area contributed by atoms with E-state index in [0.29, 0.717) is 28.5 Å². The van der Waals surface area contributed by atoms with Crippen molar-refractivity contribution in [2.75, 3.05) is 25.1 Å². The van der Waals surface area contributed by atoms with Gasteiger partial charge in [0.1, 0.15) is 5.75 Å². The van der Waals surface area contributed by atoms with E-state index in [4.69, 9.17) is 0 Å². The molecule has 3 nitrogen and oxygen atoms in total. The van der Waals surface area contributed by atoms with Gasteiger partial charge in [0.2, 0.25) is 0 Å². The van der Waals surface area contributed by atoms with Crippen LogP contribution in [0.4, 0.5) is 0 Å². The van der Waals surface area contributed by atoms with E-state index in [1.165, 1.54) is 92.3 Å². The van der Waals surface area contributed by atoms with E-state index < -0.39 is 0 Å². The molecule has 46 heavy (non-hydrogen) atoms. The predicted molar refractivity (Wildman–Crippen MR) is 198 cm³/mol. The van der Waals surface area contributed by atoms with Gasteiger partial charge in [-0.2, -0.15) is 0 Å². The van der Waals surface area contributed by atoms with Crippen molar-refractivity contribution in [3.63, 3.8) is 0 Å². The molecule has 250 valence electrons. The number of hydrogen-bond donors (Lipinski definition) is 3. The number of nitrogens with one attached hydrogen (secondary N) is 2. The zero-order chi connectivity index (χ0) is 31.7. The third kappa shape index (κ3) is 7.28. The van der Waals surface area contributed by atoms with Gasteiger partial charge in [0, 0.05) is 24.1 Å². The second-order valence-corrected chi connectivity index (χ2v) is 19.2. The Hall–Kier alpha value is -1.40. The first kappa shape index (κ1) is 33.1. The molecular weight excluding hydrogens is 601 g/mol. The molecule has 2 aromatic rings. The Morgan fingerprint density at radius 2 is 1.80 bits per heavy atom.